The van der Waals surface area contributed by atoms with Crippen molar-refractivity contribution in [3.8, 4) is 0 Å². The van der Waals surface area contributed by atoms with Gasteiger partial charge in [-0.25, -0.2) is 4.39 Å². The normalized spacial score (nSPS) is 42.0. The zero-order valence-corrected chi connectivity index (χ0v) is 36.3. The second-order valence-electron chi connectivity index (χ2n) is 21.8. The van der Waals surface area contributed by atoms with Crippen LogP contribution in [0.2, 0.25) is 0 Å². The zero-order valence-electron chi connectivity index (χ0n) is 36.3. The Morgan fingerprint density at radius 1 is 0.895 bits per heavy atom. The van der Waals surface area contributed by atoms with Crippen LogP contribution < -0.4 is 5.32 Å². The standard InChI is InChI=1S/C51H74FNO4/c1-35(2)38-17-24-51(53-30-27-50(55)28-31-56-32-29-50)26-25-47(6)40(43(38)51)13-14-42-46(5)20-18-39(45(3,4)41(46)19-21-48(42,47)7)37-15-22-49(34-52,23-16-37)44(54)57-33-36-11-9-8-10-12-36/h8-12,15,18,38,40-43,53,55H,1,13-14,16-17,19-34H2,2-7H3. The summed E-state index contributed by atoms with van der Waals surface area (Å²) in [7, 11) is 0. The van der Waals surface area contributed by atoms with Crippen LogP contribution in [0.4, 0.5) is 4.39 Å². The van der Waals surface area contributed by atoms with Crippen molar-refractivity contribution in [1.29, 1.82) is 0 Å². The van der Waals surface area contributed by atoms with E-state index in [1.165, 1.54) is 68.1 Å². The van der Waals surface area contributed by atoms with Crippen molar-refractivity contribution < 1.29 is 23.8 Å². The van der Waals surface area contributed by atoms with Crippen LogP contribution in [0.5, 0.6) is 0 Å². The van der Waals surface area contributed by atoms with Crippen LogP contribution in [0.15, 0.2) is 65.8 Å². The zero-order chi connectivity index (χ0) is 40.5. The van der Waals surface area contributed by atoms with E-state index in [9.17, 15) is 14.3 Å². The van der Waals surface area contributed by atoms with Gasteiger partial charge in [-0.2, -0.15) is 0 Å². The average Bonchev–Trinajstić information content (AvgIpc) is 3.58. The van der Waals surface area contributed by atoms with Crippen molar-refractivity contribution >= 4 is 5.97 Å². The first-order valence-electron chi connectivity index (χ1n) is 22.9. The Labute approximate surface area is 344 Å². The number of alkyl halides is 1. The van der Waals surface area contributed by atoms with Crippen LogP contribution in [-0.2, 0) is 20.9 Å². The highest BCUT2D eigenvalue weighted by Crippen LogP contribution is 2.76. The van der Waals surface area contributed by atoms with E-state index in [1.54, 1.807) is 0 Å². The summed E-state index contributed by atoms with van der Waals surface area (Å²) >= 11 is 0. The molecule has 5 fully saturated rings. The molecule has 8 rings (SSSR count). The molecule has 2 N–H and O–H groups in total. The molecule has 1 saturated heterocycles. The summed E-state index contributed by atoms with van der Waals surface area (Å²) in [5.41, 5.74) is 4.27. The molecule has 6 heteroatoms. The molecule has 57 heavy (non-hydrogen) atoms. The molecule has 1 aromatic rings. The number of allylic oxidation sites excluding steroid dienone is 5. The topological polar surface area (TPSA) is 67.8 Å². The molecule has 7 aliphatic rings. The maximum absolute atomic E-state index is 14.8. The number of aliphatic hydroxyl groups is 1. The molecule has 0 aromatic heterocycles. The third-order valence-corrected chi connectivity index (χ3v) is 19.0. The van der Waals surface area contributed by atoms with E-state index in [0.717, 1.165) is 44.2 Å². The molecule has 6 aliphatic carbocycles. The molecule has 4 saturated carbocycles. The number of carbonyl (C=O) groups excluding carboxylic acids is 1. The van der Waals surface area contributed by atoms with E-state index in [1.807, 2.05) is 30.3 Å². The molecular formula is C51H74FNO4. The first kappa shape index (κ1) is 41.5. The second-order valence-corrected chi connectivity index (χ2v) is 21.8. The maximum atomic E-state index is 14.8. The summed E-state index contributed by atoms with van der Waals surface area (Å²) in [4.78, 5) is 13.4. The fourth-order valence-electron chi connectivity index (χ4n) is 15.5. The lowest BCUT2D eigenvalue weighted by molar-refractivity contribution is -0.221. The summed E-state index contributed by atoms with van der Waals surface area (Å²) in [6, 6.07) is 9.69. The Balaban J connectivity index is 1.01. The van der Waals surface area contributed by atoms with Gasteiger partial charge in [-0.3, -0.25) is 4.79 Å². The number of nitrogens with one attached hydrogen (secondary N) is 1. The van der Waals surface area contributed by atoms with Gasteiger partial charge in [0.15, 0.2) is 0 Å². The lowest BCUT2D eigenvalue weighted by atomic mass is 9.33. The van der Waals surface area contributed by atoms with E-state index < -0.39 is 23.7 Å². The van der Waals surface area contributed by atoms with Gasteiger partial charge in [-0.1, -0.05) is 89.3 Å². The molecule has 0 radical (unpaired) electrons. The van der Waals surface area contributed by atoms with Crippen molar-refractivity contribution in [2.75, 3.05) is 26.4 Å². The lowest BCUT2D eigenvalue weighted by Crippen LogP contribution is -2.68. The number of hydrogen-bond donors (Lipinski definition) is 2. The first-order valence-corrected chi connectivity index (χ1v) is 22.9. The maximum Gasteiger partial charge on any atom is 0.315 e. The van der Waals surface area contributed by atoms with Gasteiger partial charge in [0.05, 0.1) is 11.0 Å². The van der Waals surface area contributed by atoms with Gasteiger partial charge in [0, 0.05) is 18.8 Å². The van der Waals surface area contributed by atoms with Crippen molar-refractivity contribution in [3.63, 3.8) is 0 Å². The Morgan fingerprint density at radius 3 is 2.33 bits per heavy atom. The number of benzene rings is 1. The minimum atomic E-state index is -1.09. The molecular weight excluding hydrogens is 710 g/mol. The minimum absolute atomic E-state index is 0.00187. The fourth-order valence-corrected chi connectivity index (χ4v) is 15.5. The van der Waals surface area contributed by atoms with Gasteiger partial charge < -0.3 is 19.9 Å². The largest absolute Gasteiger partial charge is 0.460 e. The monoisotopic (exact) mass is 784 g/mol. The SMILES string of the molecule is C=C(C)C1CCC2(NCCC3(O)CCOCC3)CCC3(C)C(CCC4C5(C)CC=C(C6=CCC(CF)(C(=O)OCc7ccccc7)CC6)C(C)(C)C5CCC43C)C12. The third-order valence-electron chi connectivity index (χ3n) is 19.0. The molecule has 5 nitrogen and oxygen atoms in total. The fraction of sp³-hybridized carbons (Fsp3) is 0.745. The van der Waals surface area contributed by atoms with Crippen molar-refractivity contribution in [1.82, 2.24) is 5.32 Å². The predicted molar refractivity (Wildman–Crippen MR) is 227 cm³/mol. The highest BCUT2D eigenvalue weighted by atomic mass is 19.1. The van der Waals surface area contributed by atoms with Crippen molar-refractivity contribution in [2.24, 2.45) is 56.7 Å². The Kier molecular flexibility index (Phi) is 10.9. The van der Waals surface area contributed by atoms with Gasteiger partial charge in [-0.15, -0.1) is 0 Å². The quantitative estimate of drug-likeness (QED) is 0.183. The molecule has 314 valence electrons. The molecule has 10 atom stereocenters. The molecule has 0 spiro atoms. The smallest absolute Gasteiger partial charge is 0.315 e. The van der Waals surface area contributed by atoms with E-state index in [-0.39, 0.29) is 33.8 Å². The number of rotatable bonds is 10. The van der Waals surface area contributed by atoms with Crippen LogP contribution in [0.3, 0.4) is 0 Å². The summed E-state index contributed by atoms with van der Waals surface area (Å²) in [5, 5.41) is 15.6. The summed E-state index contributed by atoms with van der Waals surface area (Å²) in [5.74, 6) is 2.66. The van der Waals surface area contributed by atoms with Gasteiger partial charge in [0.1, 0.15) is 13.3 Å². The molecule has 1 heterocycles. The number of fused-ring (bicyclic) bond motifs is 7. The highest BCUT2D eigenvalue weighted by Gasteiger charge is 2.70. The van der Waals surface area contributed by atoms with Crippen LogP contribution in [-0.4, -0.2) is 48.6 Å². The summed E-state index contributed by atoms with van der Waals surface area (Å²) in [6.07, 6.45) is 19.9. The van der Waals surface area contributed by atoms with Crippen LogP contribution >= 0.6 is 0 Å². The molecule has 0 amide bonds. The van der Waals surface area contributed by atoms with Crippen LogP contribution in [0, 0.1) is 56.7 Å². The first-order chi connectivity index (χ1) is 27.1. The number of hydrogen-bond acceptors (Lipinski definition) is 5. The molecule has 10 unspecified atom stereocenters. The summed E-state index contributed by atoms with van der Waals surface area (Å²) < 4.78 is 26.1. The van der Waals surface area contributed by atoms with E-state index in [0.29, 0.717) is 55.6 Å². The molecule has 1 aromatic carbocycles. The van der Waals surface area contributed by atoms with Gasteiger partial charge >= 0.3 is 5.97 Å². The van der Waals surface area contributed by atoms with Crippen molar-refractivity contribution in [3.05, 3.63) is 71.3 Å². The highest BCUT2D eigenvalue weighted by molar-refractivity contribution is 5.78. The predicted octanol–water partition coefficient (Wildman–Crippen LogP) is 11.3. The number of carbonyl (C=O) groups is 1. The molecule has 1 aliphatic heterocycles. The Hall–Kier alpha value is -2.28. The van der Waals surface area contributed by atoms with E-state index in [2.05, 4.69) is 65.6 Å². The number of esters is 1. The van der Waals surface area contributed by atoms with Crippen LogP contribution in [0.25, 0.3) is 0 Å². The minimum Gasteiger partial charge on any atom is -0.460 e. The van der Waals surface area contributed by atoms with Crippen LogP contribution in [0.1, 0.15) is 143 Å². The number of halogens is 1. The van der Waals surface area contributed by atoms with Gasteiger partial charge in [-0.05, 0) is 178 Å². The lowest BCUT2D eigenvalue weighted by Gasteiger charge is -2.72. The van der Waals surface area contributed by atoms with E-state index in [4.69, 9.17) is 9.47 Å². The van der Waals surface area contributed by atoms with E-state index >= 15 is 0 Å². The van der Waals surface area contributed by atoms with Gasteiger partial charge in [0.25, 0.3) is 0 Å². The number of ether oxygens (including phenoxy) is 2. The van der Waals surface area contributed by atoms with Gasteiger partial charge in [0.2, 0.25) is 0 Å². The average molecular weight is 784 g/mol. The molecule has 0 bridgehead atoms. The third kappa shape index (κ3) is 6.68. The Bertz CT molecular complexity index is 1750. The Morgan fingerprint density at radius 2 is 1.65 bits per heavy atom. The van der Waals surface area contributed by atoms with Crippen molar-refractivity contribution in [2.45, 2.75) is 156 Å². The summed E-state index contributed by atoms with van der Waals surface area (Å²) in [6.45, 7) is 21.7. The second kappa shape index (κ2) is 15.0.